The Morgan fingerprint density at radius 2 is 1.96 bits per heavy atom. The van der Waals surface area contributed by atoms with Crippen LogP contribution in [0.5, 0.6) is 0 Å². The summed E-state index contributed by atoms with van der Waals surface area (Å²) >= 11 is 1.83. The van der Waals surface area contributed by atoms with Crippen molar-refractivity contribution in [3.05, 3.63) is 58.4 Å². The number of pyridine rings is 1. The van der Waals surface area contributed by atoms with Gasteiger partial charge in [-0.25, -0.2) is 0 Å². The Balaban J connectivity index is 2.12. The third kappa shape index (κ3) is 6.35. The van der Waals surface area contributed by atoms with Crippen LogP contribution in [0.1, 0.15) is 66.9 Å². The lowest BCUT2D eigenvalue weighted by Gasteiger charge is -2.20. The van der Waals surface area contributed by atoms with Gasteiger partial charge in [-0.05, 0) is 82.3 Å². The number of amides is 1. The molecule has 0 aliphatic heterocycles. The van der Waals surface area contributed by atoms with E-state index in [0.29, 0.717) is 12.1 Å². The molecule has 0 aliphatic carbocycles. The van der Waals surface area contributed by atoms with Crippen molar-refractivity contribution in [2.24, 2.45) is 5.73 Å². The number of nitrogens with zero attached hydrogens (tertiary/aromatic N) is 1. The number of hydrogen-bond donors (Lipinski definition) is 2. The molecule has 2 aromatic rings. The molecule has 28 heavy (non-hydrogen) atoms. The molecule has 0 atom stereocenters. The molecule has 1 amide bonds. The Morgan fingerprint density at radius 3 is 2.54 bits per heavy atom. The average molecular weight is 400 g/mol. The van der Waals surface area contributed by atoms with Crippen molar-refractivity contribution in [2.45, 2.75) is 70.1 Å². The Labute approximate surface area is 173 Å². The van der Waals surface area contributed by atoms with Crippen molar-refractivity contribution in [1.82, 2.24) is 10.3 Å². The maximum Gasteiger partial charge on any atom is 0.253 e. The molecular formula is C23H33N3OS. The van der Waals surface area contributed by atoms with Gasteiger partial charge in [0, 0.05) is 22.4 Å². The van der Waals surface area contributed by atoms with Gasteiger partial charge in [-0.15, -0.1) is 11.8 Å². The fraction of sp³-hybridized carbons (Fsp3) is 0.478. The Hall–Kier alpha value is -1.85. The van der Waals surface area contributed by atoms with Gasteiger partial charge in [-0.3, -0.25) is 9.78 Å². The first-order valence-electron chi connectivity index (χ1n) is 9.96. The molecule has 0 saturated heterocycles. The number of thioether (sulfide) groups is 1. The van der Waals surface area contributed by atoms with E-state index in [-0.39, 0.29) is 11.4 Å². The van der Waals surface area contributed by atoms with Crippen LogP contribution in [-0.4, -0.2) is 23.0 Å². The summed E-state index contributed by atoms with van der Waals surface area (Å²) < 4.78 is 0. The van der Waals surface area contributed by atoms with Gasteiger partial charge < -0.3 is 11.1 Å². The summed E-state index contributed by atoms with van der Waals surface area (Å²) in [5, 5.41) is 2.97. The van der Waals surface area contributed by atoms with Gasteiger partial charge in [0.05, 0.1) is 11.3 Å². The highest BCUT2D eigenvalue weighted by Gasteiger charge is 2.16. The normalized spacial score (nSPS) is 11.5. The summed E-state index contributed by atoms with van der Waals surface area (Å²) in [5.74, 6) is 0.694. The number of nitrogens with one attached hydrogen (secondary N) is 1. The Morgan fingerprint density at radius 1 is 1.21 bits per heavy atom. The van der Waals surface area contributed by atoms with E-state index >= 15 is 0 Å². The fourth-order valence-electron chi connectivity index (χ4n) is 3.07. The molecule has 0 aliphatic rings. The number of benzene rings is 1. The van der Waals surface area contributed by atoms with E-state index in [2.05, 4.69) is 36.3 Å². The van der Waals surface area contributed by atoms with Crippen molar-refractivity contribution in [3.63, 3.8) is 0 Å². The highest BCUT2D eigenvalue weighted by atomic mass is 32.2. The SMILES string of the molecule is CCc1ccc(C)c(SCc2ccc(C(=O)NC(C)(C)C)cn2)c1CCCN. The van der Waals surface area contributed by atoms with Crippen LogP contribution in [0.2, 0.25) is 0 Å². The first-order valence-corrected chi connectivity index (χ1v) is 11.0. The summed E-state index contributed by atoms with van der Waals surface area (Å²) in [6.07, 6.45) is 4.72. The lowest BCUT2D eigenvalue weighted by atomic mass is 9.98. The quantitative estimate of drug-likeness (QED) is 0.633. The first-order chi connectivity index (χ1) is 13.2. The molecule has 0 fully saturated rings. The first kappa shape index (κ1) is 22.4. The van der Waals surface area contributed by atoms with E-state index in [0.717, 1.165) is 30.7 Å². The van der Waals surface area contributed by atoms with Gasteiger partial charge in [0.2, 0.25) is 0 Å². The topological polar surface area (TPSA) is 68.0 Å². The third-order valence-corrected chi connectivity index (χ3v) is 5.80. The van der Waals surface area contributed by atoms with Gasteiger partial charge in [0.25, 0.3) is 5.91 Å². The van der Waals surface area contributed by atoms with Crippen molar-refractivity contribution in [2.75, 3.05) is 6.54 Å². The molecule has 152 valence electrons. The predicted octanol–water partition coefficient (Wildman–Crippen LogP) is 4.66. The van der Waals surface area contributed by atoms with Crippen molar-refractivity contribution in [1.29, 1.82) is 0 Å². The third-order valence-electron chi connectivity index (χ3n) is 4.51. The molecule has 5 heteroatoms. The van der Waals surface area contributed by atoms with Crippen molar-refractivity contribution in [3.8, 4) is 0 Å². The molecule has 1 aromatic carbocycles. The number of carbonyl (C=O) groups is 1. The number of rotatable bonds is 8. The minimum Gasteiger partial charge on any atom is -0.347 e. The summed E-state index contributed by atoms with van der Waals surface area (Å²) in [6, 6.07) is 8.25. The summed E-state index contributed by atoms with van der Waals surface area (Å²) in [7, 11) is 0. The van der Waals surface area contributed by atoms with Crippen LogP contribution in [0.3, 0.4) is 0 Å². The number of aryl methyl sites for hydroxylation is 2. The van der Waals surface area contributed by atoms with Crippen LogP contribution in [0.4, 0.5) is 0 Å². The minimum atomic E-state index is -0.257. The van der Waals surface area contributed by atoms with E-state index < -0.39 is 0 Å². The zero-order chi connectivity index (χ0) is 20.7. The predicted molar refractivity (Wildman–Crippen MR) is 119 cm³/mol. The highest BCUT2D eigenvalue weighted by molar-refractivity contribution is 7.98. The summed E-state index contributed by atoms with van der Waals surface area (Å²) in [5.41, 5.74) is 11.2. The van der Waals surface area contributed by atoms with Crippen LogP contribution in [0.25, 0.3) is 0 Å². The molecule has 0 radical (unpaired) electrons. The van der Waals surface area contributed by atoms with E-state index in [9.17, 15) is 4.79 Å². The molecule has 0 spiro atoms. The molecule has 3 N–H and O–H groups in total. The second-order valence-electron chi connectivity index (χ2n) is 8.13. The van der Waals surface area contributed by atoms with Gasteiger partial charge in [-0.2, -0.15) is 0 Å². The zero-order valence-electron chi connectivity index (χ0n) is 17.8. The Kier molecular flexibility index (Phi) is 8.08. The maximum absolute atomic E-state index is 12.2. The van der Waals surface area contributed by atoms with Crippen LogP contribution < -0.4 is 11.1 Å². The monoisotopic (exact) mass is 399 g/mol. The van der Waals surface area contributed by atoms with Crippen molar-refractivity contribution < 1.29 is 4.79 Å². The zero-order valence-corrected chi connectivity index (χ0v) is 18.6. The van der Waals surface area contributed by atoms with Crippen molar-refractivity contribution >= 4 is 17.7 Å². The fourth-order valence-corrected chi connectivity index (χ4v) is 4.24. The minimum absolute atomic E-state index is 0.0882. The second kappa shape index (κ2) is 10.1. The van der Waals surface area contributed by atoms with Crippen LogP contribution in [0.15, 0.2) is 35.4 Å². The second-order valence-corrected chi connectivity index (χ2v) is 9.11. The number of nitrogens with two attached hydrogens (primary N) is 1. The largest absolute Gasteiger partial charge is 0.347 e. The van der Waals surface area contributed by atoms with Gasteiger partial charge in [0.15, 0.2) is 0 Å². The molecule has 0 bridgehead atoms. The average Bonchev–Trinajstić information content (AvgIpc) is 2.64. The van der Waals surface area contributed by atoms with E-state index in [1.54, 1.807) is 6.20 Å². The van der Waals surface area contributed by atoms with Crippen LogP contribution >= 0.6 is 11.8 Å². The smallest absolute Gasteiger partial charge is 0.253 e. The van der Waals surface area contributed by atoms with E-state index in [1.807, 2.05) is 44.7 Å². The summed E-state index contributed by atoms with van der Waals surface area (Å²) in [6.45, 7) is 11.0. The molecular weight excluding hydrogens is 366 g/mol. The standard InChI is InChI=1S/C23H33N3OS/c1-6-17-10-9-16(2)21(20(17)8-7-13-24)28-15-19-12-11-18(14-25-19)22(27)26-23(3,4)5/h9-12,14H,6-8,13,15,24H2,1-5H3,(H,26,27). The summed E-state index contributed by atoms with van der Waals surface area (Å²) in [4.78, 5) is 18.1. The van der Waals surface area contributed by atoms with E-state index in [4.69, 9.17) is 5.73 Å². The molecule has 1 heterocycles. The lowest BCUT2D eigenvalue weighted by Crippen LogP contribution is -2.40. The van der Waals surface area contributed by atoms with Gasteiger partial charge in [-0.1, -0.05) is 19.1 Å². The molecule has 0 unspecified atom stereocenters. The highest BCUT2D eigenvalue weighted by Crippen LogP contribution is 2.32. The molecule has 1 aromatic heterocycles. The lowest BCUT2D eigenvalue weighted by molar-refractivity contribution is 0.0919. The Bertz CT molecular complexity index is 795. The molecule has 4 nitrogen and oxygen atoms in total. The number of carbonyl (C=O) groups excluding carboxylic acids is 1. The maximum atomic E-state index is 12.2. The van der Waals surface area contributed by atoms with Gasteiger partial charge in [0.1, 0.15) is 0 Å². The number of aromatic nitrogens is 1. The van der Waals surface area contributed by atoms with Crippen LogP contribution in [0, 0.1) is 6.92 Å². The van der Waals surface area contributed by atoms with E-state index in [1.165, 1.54) is 21.6 Å². The molecule has 0 saturated carbocycles. The van der Waals surface area contributed by atoms with Crippen LogP contribution in [-0.2, 0) is 18.6 Å². The molecule has 2 rings (SSSR count). The van der Waals surface area contributed by atoms with Gasteiger partial charge >= 0.3 is 0 Å². The number of hydrogen-bond acceptors (Lipinski definition) is 4.